The molecule has 3 fully saturated rings. The molecule has 3 amide bonds. The lowest BCUT2D eigenvalue weighted by Gasteiger charge is -2.38. The summed E-state index contributed by atoms with van der Waals surface area (Å²) < 4.78 is 4.80. The number of benzene rings is 2. The molecule has 1 spiro atoms. The van der Waals surface area contributed by atoms with Gasteiger partial charge in [0.15, 0.2) is 0 Å². The third-order valence-corrected chi connectivity index (χ3v) is 12.4. The van der Waals surface area contributed by atoms with Crippen molar-refractivity contribution < 1.29 is 24.2 Å². The van der Waals surface area contributed by atoms with Crippen LogP contribution in [0.5, 0.6) is 5.75 Å². The molecule has 6 atom stereocenters. The molecule has 1 N–H and O–H groups in total. The zero-order valence-corrected chi connectivity index (χ0v) is 28.6. The highest BCUT2D eigenvalue weighted by Gasteiger charge is 2.76. The normalized spacial score (nSPS) is 26.5. The molecule has 0 aromatic heterocycles. The standard InChI is InChI=1S/C35H42BrN3O5S/c1-6-16-37(24-12-14-25(15-13-24)44-8-3)32(41)28-29-33(42)39(18-9-19-40)31(35(29)21-26(36)30(28)45-35)34(43)38(17-7-2)27-20-22(4)10-11-23(27)5/h6-7,10-15,20,26,28-31,40H,1-2,8-9,16-19,21H2,3-5H3/t26?,28-,29-,30-,31?,35?/m0/s1. The van der Waals surface area contributed by atoms with Crippen LogP contribution in [0.2, 0.25) is 0 Å². The van der Waals surface area contributed by atoms with Crippen molar-refractivity contribution in [3.8, 4) is 5.75 Å². The number of anilines is 2. The van der Waals surface area contributed by atoms with Gasteiger partial charge in [-0.2, -0.15) is 0 Å². The summed E-state index contributed by atoms with van der Waals surface area (Å²) in [6.07, 6.45) is 4.30. The van der Waals surface area contributed by atoms with E-state index >= 15 is 0 Å². The summed E-state index contributed by atoms with van der Waals surface area (Å²) in [6, 6.07) is 12.6. The Balaban J connectivity index is 1.57. The number of alkyl halides is 1. The van der Waals surface area contributed by atoms with E-state index in [-0.39, 0.29) is 54.0 Å². The lowest BCUT2D eigenvalue weighted by Crippen LogP contribution is -2.56. The minimum Gasteiger partial charge on any atom is -0.494 e. The lowest BCUT2D eigenvalue weighted by molar-refractivity contribution is -0.139. The number of hydrogen-bond acceptors (Lipinski definition) is 6. The third kappa shape index (κ3) is 5.85. The highest BCUT2D eigenvalue weighted by molar-refractivity contribution is 9.09. The van der Waals surface area contributed by atoms with Crippen molar-refractivity contribution >= 4 is 56.8 Å². The van der Waals surface area contributed by atoms with Gasteiger partial charge in [-0.25, -0.2) is 0 Å². The van der Waals surface area contributed by atoms with E-state index in [0.717, 1.165) is 16.8 Å². The molecule has 8 nitrogen and oxygen atoms in total. The van der Waals surface area contributed by atoms with Crippen LogP contribution < -0.4 is 14.5 Å². The SMILES string of the molecule is C=CCN(C(=O)[C@H]1[C@H]2C(=O)N(CCCO)C(C(=O)N(CC=C)c3cc(C)ccc3C)C23CC(Br)[C@@H]1S3)c1ccc(OCC)cc1. The maximum Gasteiger partial charge on any atom is 0.251 e. The number of rotatable bonds is 13. The molecular formula is C35H42BrN3O5S. The summed E-state index contributed by atoms with van der Waals surface area (Å²) in [5.41, 5.74) is 3.44. The highest BCUT2D eigenvalue weighted by Crippen LogP contribution is 2.68. The molecule has 45 heavy (non-hydrogen) atoms. The maximum atomic E-state index is 14.8. The van der Waals surface area contributed by atoms with Gasteiger partial charge in [0.1, 0.15) is 11.8 Å². The minimum absolute atomic E-state index is 0.0620. The maximum absolute atomic E-state index is 14.8. The minimum atomic E-state index is -0.807. The summed E-state index contributed by atoms with van der Waals surface area (Å²) in [5, 5.41) is 9.57. The zero-order chi connectivity index (χ0) is 32.5. The molecule has 5 rings (SSSR count). The number of aliphatic hydroxyl groups is 1. The fraction of sp³-hybridized carbons (Fsp3) is 0.457. The van der Waals surface area contributed by atoms with Crippen molar-refractivity contribution in [2.75, 3.05) is 42.6 Å². The number of nitrogens with zero attached hydrogens (tertiary/aromatic N) is 3. The van der Waals surface area contributed by atoms with Crippen molar-refractivity contribution in [2.24, 2.45) is 11.8 Å². The first-order valence-electron chi connectivity index (χ1n) is 15.5. The number of carbonyl (C=O) groups excluding carboxylic acids is 3. The van der Waals surface area contributed by atoms with Crippen LogP contribution >= 0.6 is 27.7 Å². The van der Waals surface area contributed by atoms with Crippen molar-refractivity contribution in [3.63, 3.8) is 0 Å². The fourth-order valence-corrected chi connectivity index (χ4v) is 10.9. The summed E-state index contributed by atoms with van der Waals surface area (Å²) in [6.45, 7) is 14.9. The number of likely N-dealkylation sites (tertiary alicyclic amines) is 1. The predicted molar refractivity (Wildman–Crippen MR) is 184 cm³/mol. The average molecular weight is 697 g/mol. The molecule has 240 valence electrons. The Hall–Kier alpha value is -3.08. The molecule has 2 bridgehead atoms. The van der Waals surface area contributed by atoms with Gasteiger partial charge in [0, 0.05) is 47.7 Å². The molecule has 0 radical (unpaired) electrons. The van der Waals surface area contributed by atoms with Gasteiger partial charge in [-0.1, -0.05) is 40.2 Å². The van der Waals surface area contributed by atoms with Crippen LogP contribution in [0.4, 0.5) is 11.4 Å². The largest absolute Gasteiger partial charge is 0.494 e. The Morgan fingerprint density at radius 1 is 1.11 bits per heavy atom. The second-order valence-electron chi connectivity index (χ2n) is 12.0. The highest BCUT2D eigenvalue weighted by atomic mass is 79.9. The molecule has 0 aliphatic carbocycles. The molecule has 3 aliphatic rings. The molecule has 3 unspecified atom stereocenters. The lowest BCUT2D eigenvalue weighted by atomic mass is 9.70. The van der Waals surface area contributed by atoms with Crippen molar-refractivity contribution in [2.45, 2.75) is 54.5 Å². The molecule has 2 aromatic rings. The monoisotopic (exact) mass is 695 g/mol. The number of aliphatic hydroxyl groups excluding tert-OH is 1. The topological polar surface area (TPSA) is 90.4 Å². The molecule has 2 aromatic carbocycles. The smallest absolute Gasteiger partial charge is 0.251 e. The van der Waals surface area contributed by atoms with Crippen LogP contribution in [-0.4, -0.2) is 81.4 Å². The third-order valence-electron chi connectivity index (χ3n) is 9.14. The van der Waals surface area contributed by atoms with Gasteiger partial charge in [0.05, 0.1) is 23.2 Å². The second kappa shape index (κ2) is 13.7. The number of halogens is 1. The molecule has 3 heterocycles. The van der Waals surface area contributed by atoms with Crippen LogP contribution in [0.1, 0.15) is 30.9 Å². The Kier molecular flexibility index (Phi) is 10.2. The summed E-state index contributed by atoms with van der Waals surface area (Å²) >= 11 is 5.48. The van der Waals surface area contributed by atoms with Gasteiger partial charge in [0.25, 0.3) is 5.91 Å². The van der Waals surface area contributed by atoms with E-state index in [2.05, 4.69) is 29.1 Å². The van der Waals surface area contributed by atoms with Crippen molar-refractivity contribution in [3.05, 3.63) is 78.9 Å². The Morgan fingerprint density at radius 3 is 2.44 bits per heavy atom. The van der Waals surface area contributed by atoms with Crippen LogP contribution in [-0.2, 0) is 14.4 Å². The van der Waals surface area contributed by atoms with Crippen LogP contribution in [0.3, 0.4) is 0 Å². The van der Waals surface area contributed by atoms with Crippen molar-refractivity contribution in [1.82, 2.24) is 4.90 Å². The molecular weight excluding hydrogens is 654 g/mol. The first-order chi connectivity index (χ1) is 21.6. The van der Waals surface area contributed by atoms with Gasteiger partial charge in [-0.05, 0) is 75.1 Å². The number of thioether (sulfide) groups is 1. The van der Waals surface area contributed by atoms with Crippen LogP contribution in [0.15, 0.2) is 67.8 Å². The Morgan fingerprint density at radius 2 is 1.80 bits per heavy atom. The van der Waals surface area contributed by atoms with Gasteiger partial charge in [-0.15, -0.1) is 24.9 Å². The number of carbonyl (C=O) groups is 3. The van der Waals surface area contributed by atoms with E-state index < -0.39 is 22.6 Å². The molecule has 0 saturated carbocycles. The molecule has 3 saturated heterocycles. The number of fused-ring (bicyclic) bond motifs is 1. The summed E-state index contributed by atoms with van der Waals surface area (Å²) in [7, 11) is 0. The summed E-state index contributed by atoms with van der Waals surface area (Å²) in [5.74, 6) is -1.15. The first-order valence-corrected chi connectivity index (χ1v) is 17.3. The number of aryl methyl sites for hydroxylation is 2. The van der Waals surface area contributed by atoms with Crippen LogP contribution in [0, 0.1) is 25.7 Å². The first kappa shape index (κ1) is 33.3. The van der Waals surface area contributed by atoms with Crippen LogP contribution in [0.25, 0.3) is 0 Å². The van der Waals surface area contributed by atoms with E-state index in [0.29, 0.717) is 30.9 Å². The van der Waals surface area contributed by atoms with E-state index in [1.165, 1.54) is 0 Å². The Bertz CT molecular complexity index is 1470. The van der Waals surface area contributed by atoms with Gasteiger partial charge < -0.3 is 24.5 Å². The fourth-order valence-electron chi connectivity index (χ4n) is 7.29. The van der Waals surface area contributed by atoms with Gasteiger partial charge in [0.2, 0.25) is 11.8 Å². The molecule has 10 heteroatoms. The predicted octanol–water partition coefficient (Wildman–Crippen LogP) is 5.29. The van der Waals surface area contributed by atoms with Crippen molar-refractivity contribution in [1.29, 1.82) is 0 Å². The number of amides is 3. The van der Waals surface area contributed by atoms with Gasteiger partial charge >= 0.3 is 0 Å². The average Bonchev–Trinajstić information content (AvgIpc) is 3.62. The van der Waals surface area contributed by atoms with Gasteiger partial charge in [-0.3, -0.25) is 14.4 Å². The Labute approximate surface area is 278 Å². The van der Waals surface area contributed by atoms with E-state index in [1.54, 1.807) is 38.6 Å². The van der Waals surface area contributed by atoms with E-state index in [9.17, 15) is 19.5 Å². The second-order valence-corrected chi connectivity index (χ2v) is 14.7. The number of hydrogen-bond donors (Lipinski definition) is 1. The zero-order valence-electron chi connectivity index (χ0n) is 26.2. The van der Waals surface area contributed by atoms with E-state index in [1.807, 2.05) is 63.2 Å². The molecule has 3 aliphatic heterocycles. The number of ether oxygens (including phenoxy) is 1. The quantitative estimate of drug-likeness (QED) is 0.226. The summed E-state index contributed by atoms with van der Waals surface area (Å²) in [4.78, 5) is 48.9. The van der Waals surface area contributed by atoms with E-state index in [4.69, 9.17) is 4.74 Å².